The van der Waals surface area contributed by atoms with Crippen LogP contribution in [-0.4, -0.2) is 49.1 Å². The van der Waals surface area contributed by atoms with Crippen LogP contribution in [0.1, 0.15) is 13.8 Å². The SMILES string of the molecule is COCCN(C(C)C)S(=O)(=O)c1ccc(O)c([N+](=O)[O-])c1. The van der Waals surface area contributed by atoms with E-state index in [0.717, 1.165) is 18.2 Å². The number of hydrogen-bond donors (Lipinski definition) is 1. The maximum Gasteiger partial charge on any atom is 0.312 e. The largest absolute Gasteiger partial charge is 0.502 e. The first-order chi connectivity index (χ1) is 9.71. The molecule has 0 spiro atoms. The van der Waals surface area contributed by atoms with Gasteiger partial charge in [0.05, 0.1) is 16.4 Å². The van der Waals surface area contributed by atoms with Crippen molar-refractivity contribution in [3.63, 3.8) is 0 Å². The molecular formula is C12H18N2O6S. The van der Waals surface area contributed by atoms with Crippen LogP contribution in [0.5, 0.6) is 5.75 Å². The molecule has 0 bridgehead atoms. The summed E-state index contributed by atoms with van der Waals surface area (Å²) in [6.07, 6.45) is 0. The molecule has 0 aromatic heterocycles. The molecule has 8 nitrogen and oxygen atoms in total. The van der Waals surface area contributed by atoms with E-state index in [-0.39, 0.29) is 24.1 Å². The molecule has 1 aromatic carbocycles. The Bertz CT molecular complexity index is 614. The van der Waals surface area contributed by atoms with Gasteiger partial charge in [-0.1, -0.05) is 0 Å². The van der Waals surface area contributed by atoms with Gasteiger partial charge in [-0.15, -0.1) is 0 Å². The zero-order valence-electron chi connectivity index (χ0n) is 12.0. The van der Waals surface area contributed by atoms with E-state index in [4.69, 9.17) is 4.74 Å². The van der Waals surface area contributed by atoms with E-state index in [2.05, 4.69) is 0 Å². The lowest BCUT2D eigenvalue weighted by Crippen LogP contribution is -2.39. The van der Waals surface area contributed by atoms with Crippen LogP contribution in [0.4, 0.5) is 5.69 Å². The van der Waals surface area contributed by atoms with Crippen LogP contribution < -0.4 is 0 Å². The fraction of sp³-hybridized carbons (Fsp3) is 0.500. The van der Waals surface area contributed by atoms with Gasteiger partial charge >= 0.3 is 5.69 Å². The molecule has 1 rings (SSSR count). The van der Waals surface area contributed by atoms with Crippen molar-refractivity contribution in [3.8, 4) is 5.75 Å². The first kappa shape index (κ1) is 17.3. The number of sulfonamides is 1. The molecule has 1 aromatic rings. The minimum Gasteiger partial charge on any atom is -0.502 e. The summed E-state index contributed by atoms with van der Waals surface area (Å²) in [5.74, 6) is -0.577. The third kappa shape index (κ3) is 3.90. The molecule has 0 saturated carbocycles. The predicted octanol–water partition coefficient (Wildman–Crippen LogP) is 1.35. The summed E-state index contributed by atoms with van der Waals surface area (Å²) in [5, 5.41) is 20.2. The Labute approximate surface area is 123 Å². The zero-order chi connectivity index (χ0) is 16.2. The predicted molar refractivity (Wildman–Crippen MR) is 75.7 cm³/mol. The maximum absolute atomic E-state index is 12.5. The molecule has 1 N–H and O–H groups in total. The summed E-state index contributed by atoms with van der Waals surface area (Å²) < 4.78 is 31.1. The molecule has 0 aliphatic carbocycles. The summed E-state index contributed by atoms with van der Waals surface area (Å²) in [7, 11) is -2.45. The quantitative estimate of drug-likeness (QED) is 0.600. The molecule has 0 atom stereocenters. The van der Waals surface area contributed by atoms with Gasteiger partial charge in [0.25, 0.3) is 0 Å². The summed E-state index contributed by atoms with van der Waals surface area (Å²) in [6, 6.07) is 2.66. The van der Waals surface area contributed by atoms with E-state index in [9.17, 15) is 23.6 Å². The lowest BCUT2D eigenvalue weighted by Gasteiger charge is -2.25. The Balaban J connectivity index is 3.28. The van der Waals surface area contributed by atoms with Gasteiger partial charge < -0.3 is 9.84 Å². The van der Waals surface area contributed by atoms with Crippen LogP contribution in [-0.2, 0) is 14.8 Å². The highest BCUT2D eigenvalue weighted by Crippen LogP contribution is 2.30. The Hall–Kier alpha value is -1.71. The molecule has 0 aliphatic rings. The molecule has 0 radical (unpaired) electrons. The lowest BCUT2D eigenvalue weighted by atomic mass is 10.3. The van der Waals surface area contributed by atoms with Gasteiger partial charge in [0.15, 0.2) is 5.75 Å². The van der Waals surface area contributed by atoms with Crippen LogP contribution in [0.25, 0.3) is 0 Å². The summed E-state index contributed by atoms with van der Waals surface area (Å²) in [4.78, 5) is 9.72. The second-order valence-electron chi connectivity index (χ2n) is 4.61. The molecule has 0 heterocycles. The number of methoxy groups -OCH3 is 1. The fourth-order valence-electron chi connectivity index (χ4n) is 1.78. The molecule has 0 amide bonds. The van der Waals surface area contributed by atoms with E-state index in [0.29, 0.717) is 0 Å². The minimum atomic E-state index is -3.91. The van der Waals surface area contributed by atoms with Crippen molar-refractivity contribution in [2.75, 3.05) is 20.3 Å². The number of aromatic hydroxyl groups is 1. The number of nitro groups is 1. The average molecular weight is 318 g/mol. The average Bonchev–Trinajstić information content (AvgIpc) is 2.38. The molecule has 21 heavy (non-hydrogen) atoms. The first-order valence-electron chi connectivity index (χ1n) is 6.20. The van der Waals surface area contributed by atoms with Crippen LogP contribution in [0, 0.1) is 10.1 Å². The van der Waals surface area contributed by atoms with E-state index in [1.54, 1.807) is 13.8 Å². The Morgan fingerprint density at radius 2 is 2.05 bits per heavy atom. The van der Waals surface area contributed by atoms with Crippen molar-refractivity contribution >= 4 is 15.7 Å². The van der Waals surface area contributed by atoms with Crippen molar-refractivity contribution in [1.29, 1.82) is 0 Å². The summed E-state index contributed by atoms with van der Waals surface area (Å²) in [5.41, 5.74) is -0.647. The fourth-order valence-corrected chi connectivity index (χ4v) is 3.42. The summed E-state index contributed by atoms with van der Waals surface area (Å²) in [6.45, 7) is 3.73. The smallest absolute Gasteiger partial charge is 0.312 e. The Morgan fingerprint density at radius 3 is 2.52 bits per heavy atom. The van der Waals surface area contributed by atoms with Gasteiger partial charge in [-0.2, -0.15) is 4.31 Å². The van der Waals surface area contributed by atoms with Crippen LogP contribution in [0.3, 0.4) is 0 Å². The van der Waals surface area contributed by atoms with E-state index in [1.807, 2.05) is 0 Å². The highest BCUT2D eigenvalue weighted by molar-refractivity contribution is 7.89. The molecule has 0 saturated heterocycles. The number of ether oxygens (including phenoxy) is 1. The summed E-state index contributed by atoms with van der Waals surface area (Å²) >= 11 is 0. The van der Waals surface area contributed by atoms with Gasteiger partial charge in [0.2, 0.25) is 10.0 Å². The number of benzene rings is 1. The Kier molecular flexibility index (Phi) is 5.64. The van der Waals surface area contributed by atoms with Crippen molar-refractivity contribution in [2.45, 2.75) is 24.8 Å². The number of nitro benzene ring substituents is 1. The normalized spacial score (nSPS) is 12.0. The highest BCUT2D eigenvalue weighted by atomic mass is 32.2. The molecule has 118 valence electrons. The van der Waals surface area contributed by atoms with Gasteiger partial charge in [0.1, 0.15) is 0 Å². The van der Waals surface area contributed by atoms with Gasteiger partial charge in [0, 0.05) is 25.8 Å². The molecule has 0 aliphatic heterocycles. The van der Waals surface area contributed by atoms with Crippen molar-refractivity contribution in [2.24, 2.45) is 0 Å². The number of rotatable bonds is 7. The Morgan fingerprint density at radius 1 is 1.43 bits per heavy atom. The van der Waals surface area contributed by atoms with Crippen LogP contribution in [0.15, 0.2) is 23.1 Å². The van der Waals surface area contributed by atoms with Crippen LogP contribution in [0.2, 0.25) is 0 Å². The number of phenols is 1. The van der Waals surface area contributed by atoms with Gasteiger partial charge in [-0.3, -0.25) is 10.1 Å². The van der Waals surface area contributed by atoms with Crippen LogP contribution >= 0.6 is 0 Å². The second kappa shape index (κ2) is 6.83. The molecule has 0 fully saturated rings. The van der Waals surface area contributed by atoms with E-state index in [1.165, 1.54) is 11.4 Å². The van der Waals surface area contributed by atoms with E-state index >= 15 is 0 Å². The topological polar surface area (TPSA) is 110 Å². The standard InChI is InChI=1S/C12H18N2O6S/c1-9(2)13(6-7-20-3)21(18,19)10-4-5-12(15)11(8-10)14(16)17/h4-5,8-9,15H,6-7H2,1-3H3. The lowest BCUT2D eigenvalue weighted by molar-refractivity contribution is -0.386. The van der Waals surface area contributed by atoms with Gasteiger partial charge in [-0.05, 0) is 26.0 Å². The van der Waals surface area contributed by atoms with Crippen molar-refractivity contribution in [1.82, 2.24) is 4.31 Å². The second-order valence-corrected chi connectivity index (χ2v) is 6.50. The van der Waals surface area contributed by atoms with Crippen molar-refractivity contribution < 1.29 is 23.2 Å². The minimum absolute atomic E-state index is 0.130. The number of phenolic OH excluding ortho intramolecular Hbond substituents is 1. The van der Waals surface area contributed by atoms with Crippen molar-refractivity contribution in [3.05, 3.63) is 28.3 Å². The number of nitrogens with zero attached hydrogens (tertiary/aromatic N) is 2. The molecule has 9 heteroatoms. The zero-order valence-corrected chi connectivity index (χ0v) is 12.8. The van der Waals surface area contributed by atoms with E-state index < -0.39 is 26.4 Å². The first-order valence-corrected chi connectivity index (χ1v) is 7.64. The monoisotopic (exact) mass is 318 g/mol. The molecule has 0 unspecified atom stereocenters. The van der Waals surface area contributed by atoms with Gasteiger partial charge in [-0.25, -0.2) is 8.42 Å². The number of hydrogen-bond acceptors (Lipinski definition) is 6. The molecular weight excluding hydrogens is 300 g/mol. The maximum atomic E-state index is 12.5. The third-order valence-corrected chi connectivity index (χ3v) is 4.91. The highest BCUT2D eigenvalue weighted by Gasteiger charge is 2.29. The third-order valence-electron chi connectivity index (χ3n) is 2.84.